The SMILES string of the molecule is Cc1cc([C@H](C)N[C@@H](C)c2cn(C(C)(C)C)nc2C)c(C)o1. The number of aryl methyl sites for hydroxylation is 3. The zero-order valence-electron chi connectivity index (χ0n) is 15.1. The molecule has 0 spiro atoms. The van der Waals surface area contributed by atoms with E-state index in [0.717, 1.165) is 17.2 Å². The molecule has 0 radical (unpaired) electrons. The van der Waals surface area contributed by atoms with Crippen molar-refractivity contribution in [1.29, 1.82) is 0 Å². The monoisotopic (exact) mass is 303 g/mol. The molecule has 4 heteroatoms. The van der Waals surface area contributed by atoms with Crippen LogP contribution in [0.3, 0.4) is 0 Å². The van der Waals surface area contributed by atoms with Gasteiger partial charge in [-0.25, -0.2) is 0 Å². The van der Waals surface area contributed by atoms with Crippen molar-refractivity contribution in [1.82, 2.24) is 15.1 Å². The van der Waals surface area contributed by atoms with Crippen LogP contribution in [0.5, 0.6) is 0 Å². The van der Waals surface area contributed by atoms with Crippen molar-refractivity contribution in [3.8, 4) is 0 Å². The number of hydrogen-bond donors (Lipinski definition) is 1. The highest BCUT2D eigenvalue weighted by molar-refractivity contribution is 5.25. The summed E-state index contributed by atoms with van der Waals surface area (Å²) in [6, 6.07) is 2.59. The molecule has 2 aromatic heterocycles. The van der Waals surface area contributed by atoms with E-state index in [9.17, 15) is 0 Å². The fourth-order valence-electron chi connectivity index (χ4n) is 2.88. The van der Waals surface area contributed by atoms with Crippen LogP contribution in [-0.4, -0.2) is 9.78 Å². The van der Waals surface area contributed by atoms with Gasteiger partial charge in [0.2, 0.25) is 0 Å². The molecule has 0 amide bonds. The summed E-state index contributed by atoms with van der Waals surface area (Å²) in [5.41, 5.74) is 3.57. The Morgan fingerprint density at radius 3 is 2.14 bits per heavy atom. The van der Waals surface area contributed by atoms with E-state index >= 15 is 0 Å². The molecule has 0 saturated heterocycles. The predicted octanol–water partition coefficient (Wildman–Crippen LogP) is 4.57. The van der Waals surface area contributed by atoms with Gasteiger partial charge < -0.3 is 9.73 Å². The molecule has 2 heterocycles. The molecule has 0 bridgehead atoms. The fraction of sp³-hybridized carbons (Fsp3) is 0.611. The number of nitrogens with zero attached hydrogens (tertiary/aromatic N) is 2. The summed E-state index contributed by atoms with van der Waals surface area (Å²) in [5.74, 6) is 1.96. The second kappa shape index (κ2) is 5.92. The van der Waals surface area contributed by atoms with Gasteiger partial charge in [0, 0.05) is 29.4 Å². The van der Waals surface area contributed by atoms with Crippen LogP contribution in [0.15, 0.2) is 16.7 Å². The molecular weight excluding hydrogens is 274 g/mol. The summed E-state index contributed by atoms with van der Waals surface area (Å²) >= 11 is 0. The Labute approximate surface area is 133 Å². The van der Waals surface area contributed by atoms with Crippen molar-refractivity contribution in [2.45, 2.75) is 73.0 Å². The van der Waals surface area contributed by atoms with Crippen molar-refractivity contribution < 1.29 is 4.42 Å². The molecule has 0 aliphatic rings. The Morgan fingerprint density at radius 1 is 1.09 bits per heavy atom. The molecule has 1 N–H and O–H groups in total. The maximum Gasteiger partial charge on any atom is 0.105 e. The molecule has 0 unspecified atom stereocenters. The van der Waals surface area contributed by atoms with Crippen LogP contribution in [0, 0.1) is 20.8 Å². The van der Waals surface area contributed by atoms with E-state index in [4.69, 9.17) is 4.42 Å². The third-order valence-corrected chi connectivity index (χ3v) is 4.14. The molecule has 122 valence electrons. The van der Waals surface area contributed by atoms with Gasteiger partial charge in [-0.1, -0.05) is 0 Å². The Morgan fingerprint density at radius 2 is 1.68 bits per heavy atom. The molecule has 0 aromatic carbocycles. The Hall–Kier alpha value is -1.55. The van der Waals surface area contributed by atoms with Gasteiger partial charge in [0.15, 0.2) is 0 Å². The van der Waals surface area contributed by atoms with Crippen LogP contribution in [0.1, 0.15) is 75.0 Å². The summed E-state index contributed by atoms with van der Waals surface area (Å²) in [6.07, 6.45) is 2.16. The molecule has 0 aliphatic carbocycles. The smallest absolute Gasteiger partial charge is 0.105 e. The number of rotatable bonds is 4. The Balaban J connectivity index is 2.17. The zero-order valence-corrected chi connectivity index (χ0v) is 15.1. The van der Waals surface area contributed by atoms with Gasteiger partial charge in [-0.05, 0) is 61.5 Å². The third kappa shape index (κ3) is 3.43. The lowest BCUT2D eigenvalue weighted by atomic mass is 10.0. The number of aromatic nitrogens is 2. The third-order valence-electron chi connectivity index (χ3n) is 4.14. The van der Waals surface area contributed by atoms with E-state index in [2.05, 4.69) is 64.2 Å². The van der Waals surface area contributed by atoms with E-state index in [1.807, 2.05) is 18.5 Å². The lowest BCUT2D eigenvalue weighted by Gasteiger charge is -2.20. The normalized spacial score (nSPS) is 15.1. The summed E-state index contributed by atoms with van der Waals surface area (Å²) < 4.78 is 7.69. The molecule has 4 nitrogen and oxygen atoms in total. The Bertz CT molecular complexity index is 646. The lowest BCUT2D eigenvalue weighted by Crippen LogP contribution is -2.23. The molecule has 2 rings (SSSR count). The molecule has 0 aliphatic heterocycles. The maximum atomic E-state index is 5.64. The maximum absolute atomic E-state index is 5.64. The van der Waals surface area contributed by atoms with Crippen LogP contribution in [0.4, 0.5) is 0 Å². The largest absolute Gasteiger partial charge is 0.466 e. The molecule has 0 fully saturated rings. The van der Waals surface area contributed by atoms with Crippen molar-refractivity contribution >= 4 is 0 Å². The van der Waals surface area contributed by atoms with E-state index in [1.165, 1.54) is 11.1 Å². The van der Waals surface area contributed by atoms with E-state index in [0.29, 0.717) is 0 Å². The molecular formula is C18H29N3O. The van der Waals surface area contributed by atoms with Gasteiger partial charge >= 0.3 is 0 Å². The van der Waals surface area contributed by atoms with Gasteiger partial charge in [-0.2, -0.15) is 5.10 Å². The number of hydrogen-bond acceptors (Lipinski definition) is 3. The van der Waals surface area contributed by atoms with Crippen molar-refractivity contribution in [3.63, 3.8) is 0 Å². The number of nitrogens with one attached hydrogen (secondary N) is 1. The summed E-state index contributed by atoms with van der Waals surface area (Å²) in [6.45, 7) is 17.0. The first kappa shape index (κ1) is 16.8. The predicted molar refractivity (Wildman–Crippen MR) is 90.1 cm³/mol. The second-order valence-corrected chi connectivity index (χ2v) is 7.26. The van der Waals surface area contributed by atoms with E-state index in [-0.39, 0.29) is 17.6 Å². The van der Waals surface area contributed by atoms with Gasteiger partial charge in [0.1, 0.15) is 11.5 Å². The molecule has 2 aromatic rings. The molecule has 2 atom stereocenters. The van der Waals surface area contributed by atoms with Crippen molar-refractivity contribution in [2.24, 2.45) is 0 Å². The fourth-order valence-corrected chi connectivity index (χ4v) is 2.88. The minimum atomic E-state index is 0.00655. The lowest BCUT2D eigenvalue weighted by molar-refractivity contribution is 0.353. The molecule has 22 heavy (non-hydrogen) atoms. The van der Waals surface area contributed by atoms with Gasteiger partial charge in [0.05, 0.1) is 11.2 Å². The first-order valence-corrected chi connectivity index (χ1v) is 7.99. The topological polar surface area (TPSA) is 43.0 Å². The summed E-state index contributed by atoms with van der Waals surface area (Å²) in [5, 5.41) is 8.32. The second-order valence-electron chi connectivity index (χ2n) is 7.26. The van der Waals surface area contributed by atoms with Gasteiger partial charge in [-0.3, -0.25) is 4.68 Å². The average Bonchev–Trinajstić information content (AvgIpc) is 2.91. The molecule has 0 saturated carbocycles. The standard InChI is InChI=1S/C18H29N3O/c1-11-9-16(15(5)22-11)12(2)19-13(3)17-10-21(18(6,7)8)20-14(17)4/h9-10,12-13,19H,1-8H3/t12-,13-/m0/s1. The summed E-state index contributed by atoms with van der Waals surface area (Å²) in [4.78, 5) is 0. The zero-order chi connectivity index (χ0) is 16.7. The highest BCUT2D eigenvalue weighted by Crippen LogP contribution is 2.26. The van der Waals surface area contributed by atoms with Crippen LogP contribution in [0.25, 0.3) is 0 Å². The highest BCUT2D eigenvalue weighted by Gasteiger charge is 2.21. The van der Waals surface area contributed by atoms with Crippen LogP contribution >= 0.6 is 0 Å². The van der Waals surface area contributed by atoms with Crippen LogP contribution < -0.4 is 5.32 Å². The minimum absolute atomic E-state index is 0.00655. The highest BCUT2D eigenvalue weighted by atomic mass is 16.3. The van der Waals surface area contributed by atoms with E-state index in [1.54, 1.807) is 0 Å². The van der Waals surface area contributed by atoms with Crippen LogP contribution in [0.2, 0.25) is 0 Å². The van der Waals surface area contributed by atoms with Gasteiger partial charge in [-0.15, -0.1) is 0 Å². The van der Waals surface area contributed by atoms with E-state index < -0.39 is 0 Å². The number of furan rings is 1. The average molecular weight is 303 g/mol. The van der Waals surface area contributed by atoms with Crippen LogP contribution in [-0.2, 0) is 5.54 Å². The Kier molecular flexibility index (Phi) is 4.52. The summed E-state index contributed by atoms with van der Waals surface area (Å²) in [7, 11) is 0. The minimum Gasteiger partial charge on any atom is -0.466 e. The quantitative estimate of drug-likeness (QED) is 0.900. The van der Waals surface area contributed by atoms with Gasteiger partial charge in [0.25, 0.3) is 0 Å². The first-order chi connectivity index (χ1) is 10.1. The van der Waals surface area contributed by atoms with Crippen molar-refractivity contribution in [2.75, 3.05) is 0 Å². The van der Waals surface area contributed by atoms with Crippen molar-refractivity contribution in [3.05, 3.63) is 40.6 Å². The first-order valence-electron chi connectivity index (χ1n) is 7.99.